The number of carboxylic acids is 1. The molecule has 0 amide bonds. The molecule has 1 atom stereocenters. The van der Waals surface area contributed by atoms with Crippen molar-refractivity contribution >= 4 is 17.3 Å². The lowest BCUT2D eigenvalue weighted by molar-refractivity contribution is -0.384. The molecule has 110 valence electrons. The van der Waals surface area contributed by atoms with Crippen molar-refractivity contribution < 1.29 is 14.8 Å². The number of hydrogen-bond donors (Lipinski definition) is 2. The zero-order chi connectivity index (χ0) is 15.3. The predicted octanol–water partition coefficient (Wildman–Crippen LogP) is 3.10. The number of non-ortho nitro benzene ring substituents is 1. The van der Waals surface area contributed by atoms with E-state index in [1.165, 1.54) is 18.2 Å². The highest BCUT2D eigenvalue weighted by atomic mass is 16.6. The third-order valence-electron chi connectivity index (χ3n) is 3.73. The number of nitro benzene ring substituents is 1. The second-order valence-electron chi connectivity index (χ2n) is 4.87. The molecule has 0 aliphatic heterocycles. The molecule has 6 heteroatoms. The number of aliphatic carboxylic acids is 1. The van der Waals surface area contributed by atoms with E-state index in [2.05, 4.69) is 0 Å². The van der Waals surface area contributed by atoms with Gasteiger partial charge in [-0.3, -0.25) is 14.9 Å². The van der Waals surface area contributed by atoms with Gasteiger partial charge in [-0.2, -0.15) is 0 Å². The van der Waals surface area contributed by atoms with E-state index in [9.17, 15) is 20.0 Å². The quantitative estimate of drug-likeness (QED) is 0.453. The Morgan fingerprint density at radius 1 is 1.45 bits per heavy atom. The number of carbonyl (C=O) groups is 1. The Balaban J connectivity index is 3.43. The van der Waals surface area contributed by atoms with Crippen LogP contribution in [-0.4, -0.2) is 16.0 Å². The molecule has 20 heavy (non-hydrogen) atoms. The van der Waals surface area contributed by atoms with Gasteiger partial charge in [0.15, 0.2) is 0 Å². The summed E-state index contributed by atoms with van der Waals surface area (Å²) in [4.78, 5) is 22.1. The van der Waals surface area contributed by atoms with Crippen LogP contribution in [0, 0.1) is 10.1 Å². The highest BCUT2D eigenvalue weighted by Gasteiger charge is 2.40. The van der Waals surface area contributed by atoms with Crippen LogP contribution in [0.3, 0.4) is 0 Å². The summed E-state index contributed by atoms with van der Waals surface area (Å²) in [5.41, 5.74) is 5.21. The van der Waals surface area contributed by atoms with Gasteiger partial charge in [-0.05, 0) is 24.5 Å². The molecular weight excluding hydrogens is 260 g/mol. The Hall–Kier alpha value is -2.11. The van der Waals surface area contributed by atoms with Crippen molar-refractivity contribution in [2.24, 2.45) is 0 Å². The minimum Gasteiger partial charge on any atom is -0.481 e. The van der Waals surface area contributed by atoms with Crippen LogP contribution in [0.2, 0.25) is 0 Å². The first-order valence-electron chi connectivity index (χ1n) is 6.66. The number of rotatable bonds is 7. The maximum absolute atomic E-state index is 11.8. The largest absolute Gasteiger partial charge is 0.481 e. The van der Waals surface area contributed by atoms with Gasteiger partial charge in [0.25, 0.3) is 5.69 Å². The van der Waals surface area contributed by atoms with Gasteiger partial charge in [0, 0.05) is 17.8 Å². The molecule has 0 fully saturated rings. The summed E-state index contributed by atoms with van der Waals surface area (Å²) in [6, 6.07) is 4.00. The van der Waals surface area contributed by atoms with Crippen molar-refractivity contribution in [3.63, 3.8) is 0 Å². The Morgan fingerprint density at radius 3 is 2.55 bits per heavy atom. The van der Waals surface area contributed by atoms with Gasteiger partial charge in [-0.15, -0.1) is 0 Å². The smallest absolute Gasteiger partial charge is 0.314 e. The summed E-state index contributed by atoms with van der Waals surface area (Å²) in [5, 5.41) is 20.5. The van der Waals surface area contributed by atoms with Gasteiger partial charge in [-0.1, -0.05) is 26.7 Å². The summed E-state index contributed by atoms with van der Waals surface area (Å²) in [6.45, 7) is 3.74. The lowest BCUT2D eigenvalue weighted by atomic mass is 9.73. The molecule has 0 aliphatic carbocycles. The molecule has 0 aliphatic rings. The van der Waals surface area contributed by atoms with Crippen LogP contribution < -0.4 is 5.73 Å². The number of unbranched alkanes of at least 4 members (excludes halogenated alkanes) is 1. The highest BCUT2D eigenvalue weighted by Crippen LogP contribution is 2.39. The maximum Gasteiger partial charge on any atom is 0.314 e. The fourth-order valence-electron chi connectivity index (χ4n) is 2.43. The molecule has 0 saturated carbocycles. The standard InChI is InChI=1S/C14H20N2O4/c1-3-5-8-14(4-2,13(17)18)11-9-10(16(19)20)6-7-12(11)15/h6-7,9H,3-5,8,15H2,1-2H3,(H,17,18). The van der Waals surface area contributed by atoms with Crippen LogP contribution in [0.25, 0.3) is 0 Å². The molecule has 0 spiro atoms. The summed E-state index contributed by atoms with van der Waals surface area (Å²) >= 11 is 0. The number of carboxylic acid groups (broad SMARTS) is 1. The first-order chi connectivity index (χ1) is 9.39. The van der Waals surface area contributed by atoms with E-state index in [0.29, 0.717) is 18.4 Å². The zero-order valence-corrected chi connectivity index (χ0v) is 11.8. The summed E-state index contributed by atoms with van der Waals surface area (Å²) < 4.78 is 0. The van der Waals surface area contributed by atoms with E-state index in [0.717, 1.165) is 12.8 Å². The monoisotopic (exact) mass is 280 g/mol. The fourth-order valence-corrected chi connectivity index (χ4v) is 2.43. The van der Waals surface area contributed by atoms with Gasteiger partial charge in [0.05, 0.1) is 10.3 Å². The van der Waals surface area contributed by atoms with Crippen LogP contribution in [0.5, 0.6) is 0 Å². The van der Waals surface area contributed by atoms with E-state index in [4.69, 9.17) is 5.73 Å². The molecule has 0 saturated heterocycles. The summed E-state index contributed by atoms with van der Waals surface area (Å²) in [5.74, 6) is -0.986. The van der Waals surface area contributed by atoms with Crippen molar-refractivity contribution in [1.29, 1.82) is 0 Å². The van der Waals surface area contributed by atoms with Crippen molar-refractivity contribution in [2.75, 3.05) is 5.73 Å². The third-order valence-corrected chi connectivity index (χ3v) is 3.73. The highest BCUT2D eigenvalue weighted by molar-refractivity contribution is 5.84. The van der Waals surface area contributed by atoms with Gasteiger partial charge >= 0.3 is 5.97 Å². The van der Waals surface area contributed by atoms with E-state index < -0.39 is 16.3 Å². The second-order valence-corrected chi connectivity index (χ2v) is 4.87. The zero-order valence-electron chi connectivity index (χ0n) is 11.8. The fraction of sp³-hybridized carbons (Fsp3) is 0.500. The molecule has 0 bridgehead atoms. The van der Waals surface area contributed by atoms with Gasteiger partial charge in [0.2, 0.25) is 0 Å². The number of hydrogen-bond acceptors (Lipinski definition) is 4. The lowest BCUT2D eigenvalue weighted by Gasteiger charge is -2.29. The van der Waals surface area contributed by atoms with Crippen LogP contribution >= 0.6 is 0 Å². The molecule has 1 aromatic rings. The number of nitrogens with two attached hydrogens (primary N) is 1. The summed E-state index contributed by atoms with van der Waals surface area (Å²) in [7, 11) is 0. The van der Waals surface area contributed by atoms with Crippen LogP contribution in [0.1, 0.15) is 45.1 Å². The SMILES string of the molecule is CCCCC(CC)(C(=O)O)c1cc([N+](=O)[O-])ccc1N. The predicted molar refractivity (Wildman–Crippen MR) is 76.6 cm³/mol. The Kier molecular flexibility index (Phi) is 5.07. The second kappa shape index (κ2) is 6.36. The third kappa shape index (κ3) is 2.89. The maximum atomic E-state index is 11.8. The number of anilines is 1. The number of nitrogens with zero attached hydrogens (tertiary/aromatic N) is 1. The molecular formula is C14H20N2O4. The van der Waals surface area contributed by atoms with Gasteiger partial charge < -0.3 is 10.8 Å². The normalized spacial score (nSPS) is 13.7. The molecule has 6 nitrogen and oxygen atoms in total. The summed E-state index contributed by atoms with van der Waals surface area (Å²) in [6.07, 6.45) is 2.33. The van der Waals surface area contributed by atoms with Crippen LogP contribution in [-0.2, 0) is 10.2 Å². The molecule has 0 radical (unpaired) electrons. The molecule has 0 aromatic heterocycles. The van der Waals surface area contributed by atoms with Crippen LogP contribution in [0.4, 0.5) is 11.4 Å². The van der Waals surface area contributed by atoms with Crippen molar-refractivity contribution in [3.05, 3.63) is 33.9 Å². The number of nitrogen functional groups attached to an aromatic ring is 1. The van der Waals surface area contributed by atoms with Gasteiger partial charge in [-0.25, -0.2) is 0 Å². The first kappa shape index (κ1) is 15.9. The minimum absolute atomic E-state index is 0.134. The Labute approximate surface area is 117 Å². The van der Waals surface area contributed by atoms with Crippen LogP contribution in [0.15, 0.2) is 18.2 Å². The Morgan fingerprint density at radius 2 is 2.10 bits per heavy atom. The van der Waals surface area contributed by atoms with Gasteiger partial charge in [0.1, 0.15) is 0 Å². The Bertz CT molecular complexity index is 516. The number of nitro groups is 1. The number of benzene rings is 1. The van der Waals surface area contributed by atoms with Crippen molar-refractivity contribution in [2.45, 2.75) is 44.9 Å². The minimum atomic E-state index is -1.16. The van der Waals surface area contributed by atoms with E-state index in [1.54, 1.807) is 6.92 Å². The van der Waals surface area contributed by atoms with Crippen molar-refractivity contribution in [1.82, 2.24) is 0 Å². The topological polar surface area (TPSA) is 106 Å². The molecule has 3 N–H and O–H groups in total. The lowest BCUT2D eigenvalue weighted by Crippen LogP contribution is -2.36. The van der Waals surface area contributed by atoms with E-state index in [1.807, 2.05) is 6.92 Å². The molecule has 0 heterocycles. The molecule has 1 unspecified atom stereocenters. The average molecular weight is 280 g/mol. The molecule has 1 aromatic carbocycles. The average Bonchev–Trinajstić information content (AvgIpc) is 2.41. The van der Waals surface area contributed by atoms with Crippen molar-refractivity contribution in [3.8, 4) is 0 Å². The van der Waals surface area contributed by atoms with E-state index >= 15 is 0 Å². The van der Waals surface area contributed by atoms with E-state index in [-0.39, 0.29) is 11.4 Å². The molecule has 1 rings (SSSR count). The first-order valence-corrected chi connectivity index (χ1v) is 6.66.